The summed E-state index contributed by atoms with van der Waals surface area (Å²) in [6.07, 6.45) is 0. The van der Waals surface area contributed by atoms with Gasteiger partial charge in [-0.1, -0.05) is 0 Å². The third kappa shape index (κ3) is 2.42. The van der Waals surface area contributed by atoms with Crippen LogP contribution in [0.25, 0.3) is 21.1 Å². The monoisotopic (exact) mass is 321 g/mol. The highest BCUT2D eigenvalue weighted by Crippen LogP contribution is 2.36. The topological polar surface area (TPSA) is 50.2 Å². The van der Waals surface area contributed by atoms with Crippen LogP contribution in [-0.2, 0) is 0 Å². The molecule has 3 nitrogen and oxygen atoms in total. The average Bonchev–Trinajstić information content (AvgIpc) is 3.07. The summed E-state index contributed by atoms with van der Waals surface area (Å²) >= 11 is 4.78. The fraction of sp³-hybridized carbons (Fsp3) is 0.143. The number of nitrogens with zero attached hydrogens (tertiary/aromatic N) is 1. The molecular weight excluding hydrogens is 310 g/mol. The molecule has 0 saturated carbocycles. The zero-order valence-corrected chi connectivity index (χ0v) is 13.3. The third-order valence-electron chi connectivity index (χ3n) is 2.87. The Labute approximate surface area is 128 Å². The van der Waals surface area contributed by atoms with Crippen LogP contribution in [0.1, 0.15) is 20.1 Å². The number of hydrogen-bond acceptors (Lipinski definition) is 5. The molecule has 3 aromatic rings. The maximum Gasteiger partial charge on any atom is 0.336 e. The van der Waals surface area contributed by atoms with Gasteiger partial charge in [0.2, 0.25) is 0 Å². The van der Waals surface area contributed by atoms with Gasteiger partial charge in [0.15, 0.2) is 0 Å². The number of carboxylic acid groups (broad SMARTS) is 1. The van der Waals surface area contributed by atoms with Gasteiger partial charge >= 0.3 is 5.97 Å². The first-order valence-electron chi connectivity index (χ1n) is 5.89. The summed E-state index contributed by atoms with van der Waals surface area (Å²) in [7, 11) is 0. The molecule has 0 fully saturated rings. The first-order valence-corrected chi connectivity index (χ1v) is 8.47. The Morgan fingerprint density at radius 2 is 2.00 bits per heavy atom. The Hall–Kier alpha value is -1.50. The zero-order valence-electron chi connectivity index (χ0n) is 10.8. The molecule has 0 aliphatic rings. The Kier molecular flexibility index (Phi) is 3.45. The van der Waals surface area contributed by atoms with E-state index in [-0.39, 0.29) is 0 Å². The van der Waals surface area contributed by atoms with E-state index in [1.807, 2.05) is 5.38 Å². The van der Waals surface area contributed by atoms with Crippen molar-refractivity contribution >= 4 is 40.0 Å². The van der Waals surface area contributed by atoms with Crippen LogP contribution in [0.15, 0.2) is 22.9 Å². The van der Waals surface area contributed by atoms with Crippen LogP contribution in [-0.4, -0.2) is 16.1 Å². The van der Waals surface area contributed by atoms with E-state index in [2.05, 4.69) is 24.9 Å². The SMILES string of the molecule is Cc1cc(-c2nc(-c3cc(C(=O)O)cs3)cs2)c(C)s1. The number of aromatic carboxylic acids is 1. The highest BCUT2D eigenvalue weighted by molar-refractivity contribution is 7.16. The van der Waals surface area contributed by atoms with E-state index < -0.39 is 5.97 Å². The molecule has 0 aliphatic heterocycles. The van der Waals surface area contributed by atoms with Crippen molar-refractivity contribution in [2.75, 3.05) is 0 Å². The number of aryl methyl sites for hydroxylation is 2. The quantitative estimate of drug-likeness (QED) is 0.745. The number of thiophene rings is 2. The molecule has 6 heteroatoms. The van der Waals surface area contributed by atoms with E-state index in [0.29, 0.717) is 5.56 Å². The van der Waals surface area contributed by atoms with Gasteiger partial charge in [-0.25, -0.2) is 9.78 Å². The van der Waals surface area contributed by atoms with Crippen LogP contribution in [0.3, 0.4) is 0 Å². The van der Waals surface area contributed by atoms with Crippen LogP contribution >= 0.6 is 34.0 Å². The van der Waals surface area contributed by atoms with Gasteiger partial charge in [0, 0.05) is 26.1 Å². The molecule has 0 amide bonds. The summed E-state index contributed by atoms with van der Waals surface area (Å²) < 4.78 is 0. The van der Waals surface area contributed by atoms with Crippen molar-refractivity contribution in [2.24, 2.45) is 0 Å². The predicted molar refractivity (Wildman–Crippen MR) is 85.2 cm³/mol. The van der Waals surface area contributed by atoms with Gasteiger partial charge in [0.1, 0.15) is 5.01 Å². The van der Waals surface area contributed by atoms with Gasteiger partial charge < -0.3 is 5.11 Å². The first-order chi connectivity index (χ1) is 9.54. The van der Waals surface area contributed by atoms with E-state index in [1.165, 1.54) is 26.7 Å². The molecule has 3 heterocycles. The van der Waals surface area contributed by atoms with E-state index in [4.69, 9.17) is 5.11 Å². The number of carboxylic acids is 1. The second-order valence-corrected chi connectivity index (χ2v) is 7.60. The van der Waals surface area contributed by atoms with Crippen molar-refractivity contribution in [1.29, 1.82) is 0 Å². The molecule has 0 saturated heterocycles. The Balaban J connectivity index is 1.97. The minimum Gasteiger partial charge on any atom is -0.478 e. The van der Waals surface area contributed by atoms with Crippen molar-refractivity contribution in [1.82, 2.24) is 4.98 Å². The van der Waals surface area contributed by atoms with E-state index in [0.717, 1.165) is 15.6 Å². The number of aromatic nitrogens is 1. The molecule has 1 N–H and O–H groups in total. The van der Waals surface area contributed by atoms with Gasteiger partial charge in [-0.05, 0) is 26.0 Å². The summed E-state index contributed by atoms with van der Waals surface area (Å²) in [6.45, 7) is 4.19. The lowest BCUT2D eigenvalue weighted by atomic mass is 10.2. The molecule has 0 radical (unpaired) electrons. The van der Waals surface area contributed by atoms with E-state index in [1.54, 1.807) is 34.1 Å². The highest BCUT2D eigenvalue weighted by atomic mass is 32.1. The lowest BCUT2D eigenvalue weighted by Gasteiger charge is -1.92. The minimum absolute atomic E-state index is 0.321. The smallest absolute Gasteiger partial charge is 0.336 e. The largest absolute Gasteiger partial charge is 0.478 e. The summed E-state index contributed by atoms with van der Waals surface area (Å²) in [5.41, 5.74) is 2.35. The molecule has 3 aromatic heterocycles. The van der Waals surface area contributed by atoms with Crippen LogP contribution < -0.4 is 0 Å². The van der Waals surface area contributed by atoms with Crippen molar-refractivity contribution in [2.45, 2.75) is 13.8 Å². The maximum absolute atomic E-state index is 10.9. The van der Waals surface area contributed by atoms with Gasteiger partial charge in [0.05, 0.1) is 16.1 Å². The highest BCUT2D eigenvalue weighted by Gasteiger charge is 2.13. The fourth-order valence-corrected chi connectivity index (χ4v) is 4.74. The van der Waals surface area contributed by atoms with Crippen molar-refractivity contribution < 1.29 is 9.90 Å². The van der Waals surface area contributed by atoms with Crippen molar-refractivity contribution in [3.8, 4) is 21.1 Å². The molecule has 3 rings (SSSR count). The molecule has 20 heavy (non-hydrogen) atoms. The Morgan fingerprint density at radius 1 is 1.20 bits per heavy atom. The molecular formula is C14H11NO2S3. The fourth-order valence-electron chi connectivity index (χ4n) is 1.94. The molecule has 0 bridgehead atoms. The second-order valence-electron chi connectivity index (χ2n) is 4.37. The predicted octanol–water partition coefficient (Wildman–Crippen LogP) is 4.92. The normalized spacial score (nSPS) is 10.9. The lowest BCUT2D eigenvalue weighted by molar-refractivity contribution is 0.0697. The lowest BCUT2D eigenvalue weighted by Crippen LogP contribution is -1.91. The van der Waals surface area contributed by atoms with Crippen molar-refractivity contribution in [3.63, 3.8) is 0 Å². The minimum atomic E-state index is -0.896. The number of hydrogen-bond donors (Lipinski definition) is 1. The third-order valence-corrected chi connectivity index (χ3v) is 5.67. The van der Waals surface area contributed by atoms with Gasteiger partial charge in [-0.15, -0.1) is 34.0 Å². The van der Waals surface area contributed by atoms with Gasteiger partial charge in [-0.2, -0.15) is 0 Å². The maximum atomic E-state index is 10.9. The standard InChI is InChI=1S/C14H11NO2S3/c1-7-3-10(8(2)20-7)13-15-11(6-19-13)12-4-9(5-18-12)14(16)17/h3-6H,1-2H3,(H,16,17). The number of rotatable bonds is 3. The van der Waals surface area contributed by atoms with E-state index >= 15 is 0 Å². The van der Waals surface area contributed by atoms with Gasteiger partial charge in [-0.3, -0.25) is 0 Å². The second kappa shape index (κ2) is 5.12. The summed E-state index contributed by atoms with van der Waals surface area (Å²) in [6, 6.07) is 3.83. The summed E-state index contributed by atoms with van der Waals surface area (Å²) in [5.74, 6) is -0.896. The Morgan fingerprint density at radius 3 is 2.60 bits per heavy atom. The Bertz CT molecular complexity index is 782. The zero-order chi connectivity index (χ0) is 14.3. The number of carbonyl (C=O) groups is 1. The molecule has 102 valence electrons. The van der Waals surface area contributed by atoms with Crippen LogP contribution in [0, 0.1) is 13.8 Å². The summed E-state index contributed by atoms with van der Waals surface area (Å²) in [5, 5.41) is 13.6. The van der Waals surface area contributed by atoms with Crippen molar-refractivity contribution in [3.05, 3.63) is 38.2 Å². The number of thiazole rings is 1. The van der Waals surface area contributed by atoms with Crippen LogP contribution in [0.4, 0.5) is 0 Å². The average molecular weight is 321 g/mol. The molecule has 0 aromatic carbocycles. The van der Waals surface area contributed by atoms with Crippen LogP contribution in [0.2, 0.25) is 0 Å². The molecule has 0 unspecified atom stereocenters. The molecule has 0 aliphatic carbocycles. The summed E-state index contributed by atoms with van der Waals surface area (Å²) in [4.78, 5) is 19.0. The van der Waals surface area contributed by atoms with E-state index in [9.17, 15) is 4.79 Å². The first kappa shape index (κ1) is 13.5. The van der Waals surface area contributed by atoms with Gasteiger partial charge in [0.25, 0.3) is 0 Å². The molecule has 0 spiro atoms. The molecule has 0 atom stereocenters. The van der Waals surface area contributed by atoms with Crippen LogP contribution in [0.5, 0.6) is 0 Å².